The maximum absolute atomic E-state index is 4.91. The molecule has 0 radical (unpaired) electrons. The lowest BCUT2D eigenvalue weighted by Crippen LogP contribution is -2.06. The molecule has 0 bridgehead atoms. The number of hydrogen-bond acceptors (Lipinski definition) is 2. The number of rotatable bonds is 0. The average Bonchev–Trinajstić information content (AvgIpc) is 3.01. The van der Waals surface area contributed by atoms with Crippen molar-refractivity contribution in [2.75, 3.05) is 0 Å². The number of aromatic amines is 1. The Labute approximate surface area is 122 Å². The fourth-order valence-corrected chi connectivity index (χ4v) is 3.69. The molecule has 20 heavy (non-hydrogen) atoms. The van der Waals surface area contributed by atoms with E-state index in [1.54, 1.807) is 0 Å². The van der Waals surface area contributed by atoms with E-state index < -0.39 is 0 Å². The first kappa shape index (κ1) is 11.9. The highest BCUT2D eigenvalue weighted by atomic mass is 35.5. The Hall–Kier alpha value is -1.87. The van der Waals surface area contributed by atoms with Crippen LogP contribution in [-0.4, -0.2) is 15.2 Å². The van der Waals surface area contributed by atoms with Crippen molar-refractivity contribution in [3.8, 4) is 11.3 Å². The molecule has 1 N–H and O–H groups in total. The maximum Gasteiger partial charge on any atom is 0.0782 e. The predicted octanol–water partition coefficient (Wildman–Crippen LogP) is 3.44. The predicted molar refractivity (Wildman–Crippen MR) is 81.4 cm³/mol. The zero-order chi connectivity index (χ0) is 12.4. The summed E-state index contributed by atoms with van der Waals surface area (Å²) in [5.74, 6) is 0. The molecule has 0 saturated heterocycles. The number of nitrogens with one attached hydrogen (secondary N) is 1. The van der Waals surface area contributed by atoms with Crippen LogP contribution >= 0.6 is 12.4 Å². The van der Waals surface area contributed by atoms with Gasteiger partial charge in [-0.05, 0) is 42.0 Å². The van der Waals surface area contributed by atoms with Crippen LogP contribution in [0, 0.1) is 0 Å². The van der Waals surface area contributed by atoms with E-state index in [4.69, 9.17) is 4.98 Å². The summed E-state index contributed by atoms with van der Waals surface area (Å²) >= 11 is 0. The number of pyridine rings is 1. The van der Waals surface area contributed by atoms with Gasteiger partial charge in [-0.25, -0.2) is 4.98 Å². The molecule has 0 unspecified atom stereocenters. The summed E-state index contributed by atoms with van der Waals surface area (Å²) in [6, 6.07) is 6.54. The monoisotopic (exact) mass is 283 g/mol. The van der Waals surface area contributed by atoms with Crippen LogP contribution in [0.1, 0.15) is 28.8 Å². The highest BCUT2D eigenvalue weighted by Gasteiger charge is 2.27. The van der Waals surface area contributed by atoms with Crippen molar-refractivity contribution in [2.45, 2.75) is 25.7 Å². The molecule has 0 amide bonds. The van der Waals surface area contributed by atoms with Crippen LogP contribution in [0.2, 0.25) is 0 Å². The molecule has 2 aliphatic carbocycles. The summed E-state index contributed by atoms with van der Waals surface area (Å²) < 4.78 is 0. The van der Waals surface area contributed by atoms with Gasteiger partial charge in [-0.3, -0.25) is 5.10 Å². The molecule has 1 aromatic carbocycles. The van der Waals surface area contributed by atoms with Crippen LogP contribution in [-0.2, 0) is 19.3 Å². The zero-order valence-electron chi connectivity index (χ0n) is 10.9. The number of aryl methyl sites for hydroxylation is 2. The second kappa shape index (κ2) is 4.06. The third kappa shape index (κ3) is 1.36. The molecule has 2 aliphatic rings. The van der Waals surface area contributed by atoms with Crippen LogP contribution in [0.3, 0.4) is 0 Å². The topological polar surface area (TPSA) is 41.6 Å². The SMILES string of the molecule is Cl.c1cc2c3c(c4c(nc3c1)-c1cn[nH]c1C4)CCC2. The summed E-state index contributed by atoms with van der Waals surface area (Å²) in [6.07, 6.45) is 6.53. The number of fused-ring (bicyclic) bond motifs is 4. The summed E-state index contributed by atoms with van der Waals surface area (Å²) in [6.45, 7) is 0. The van der Waals surface area contributed by atoms with Gasteiger partial charge in [-0.15, -0.1) is 12.4 Å². The third-order valence-corrected chi connectivity index (χ3v) is 4.51. The van der Waals surface area contributed by atoms with Gasteiger partial charge in [0.05, 0.1) is 17.4 Å². The lowest BCUT2D eigenvalue weighted by molar-refractivity contribution is 0.798. The van der Waals surface area contributed by atoms with Crippen molar-refractivity contribution in [1.29, 1.82) is 0 Å². The van der Waals surface area contributed by atoms with Crippen molar-refractivity contribution < 1.29 is 0 Å². The Bertz CT molecular complexity index is 835. The molecule has 0 fully saturated rings. The average molecular weight is 284 g/mol. The molecule has 2 heterocycles. The van der Waals surface area contributed by atoms with E-state index in [0.717, 1.165) is 17.6 Å². The van der Waals surface area contributed by atoms with E-state index in [-0.39, 0.29) is 12.4 Å². The molecule has 3 nitrogen and oxygen atoms in total. The molecule has 2 aromatic heterocycles. The number of aromatic nitrogens is 3. The van der Waals surface area contributed by atoms with Crippen LogP contribution in [0.5, 0.6) is 0 Å². The van der Waals surface area contributed by atoms with Crippen molar-refractivity contribution in [3.05, 3.63) is 46.8 Å². The molecule has 0 saturated carbocycles. The number of nitrogens with zero attached hydrogens (tertiary/aromatic N) is 2. The fourth-order valence-electron chi connectivity index (χ4n) is 3.69. The zero-order valence-corrected chi connectivity index (χ0v) is 11.8. The standard InChI is InChI=1S/C16H13N3.ClH/c1-3-9-4-2-6-13-15(9)10(5-1)11-7-14-12(8-17-19-14)16(11)18-13;/h2,4,6,8H,1,3,5,7H2,(H,17,19);1H. The first-order valence-corrected chi connectivity index (χ1v) is 6.88. The van der Waals surface area contributed by atoms with E-state index in [2.05, 4.69) is 28.4 Å². The lowest BCUT2D eigenvalue weighted by Gasteiger charge is -2.19. The largest absolute Gasteiger partial charge is 0.282 e. The first-order chi connectivity index (χ1) is 9.42. The Balaban J connectivity index is 0.00000106. The molecule has 3 aromatic rings. The summed E-state index contributed by atoms with van der Waals surface area (Å²) in [5.41, 5.74) is 9.17. The second-order valence-corrected chi connectivity index (χ2v) is 5.52. The minimum Gasteiger partial charge on any atom is -0.282 e. The number of benzene rings is 1. The molecule has 100 valence electrons. The number of H-pyrrole nitrogens is 1. The molecule has 0 spiro atoms. The van der Waals surface area contributed by atoms with Gasteiger partial charge in [0, 0.05) is 23.1 Å². The Morgan fingerprint density at radius 3 is 3.00 bits per heavy atom. The Morgan fingerprint density at radius 2 is 2.05 bits per heavy atom. The Kier molecular flexibility index (Phi) is 2.42. The summed E-state index contributed by atoms with van der Waals surface area (Å²) in [5, 5.41) is 8.68. The van der Waals surface area contributed by atoms with Crippen molar-refractivity contribution in [1.82, 2.24) is 15.2 Å². The highest BCUT2D eigenvalue weighted by Crippen LogP contribution is 2.41. The number of hydrogen-bond donors (Lipinski definition) is 1. The van der Waals surface area contributed by atoms with Crippen molar-refractivity contribution in [2.24, 2.45) is 0 Å². The van der Waals surface area contributed by atoms with Crippen LogP contribution in [0.4, 0.5) is 0 Å². The van der Waals surface area contributed by atoms with Gasteiger partial charge >= 0.3 is 0 Å². The van der Waals surface area contributed by atoms with Gasteiger partial charge in [0.15, 0.2) is 0 Å². The van der Waals surface area contributed by atoms with Crippen LogP contribution < -0.4 is 0 Å². The third-order valence-electron chi connectivity index (χ3n) is 4.51. The van der Waals surface area contributed by atoms with E-state index in [0.29, 0.717) is 0 Å². The van der Waals surface area contributed by atoms with Crippen molar-refractivity contribution >= 4 is 23.3 Å². The van der Waals surface area contributed by atoms with Gasteiger partial charge in [0.2, 0.25) is 0 Å². The normalized spacial score (nSPS) is 14.8. The van der Waals surface area contributed by atoms with Gasteiger partial charge in [-0.1, -0.05) is 12.1 Å². The summed E-state index contributed by atoms with van der Waals surface area (Å²) in [4.78, 5) is 4.91. The molecule has 0 atom stereocenters. The maximum atomic E-state index is 4.91. The smallest absolute Gasteiger partial charge is 0.0782 e. The van der Waals surface area contributed by atoms with E-state index in [9.17, 15) is 0 Å². The number of halogens is 1. The van der Waals surface area contributed by atoms with E-state index in [1.165, 1.54) is 52.6 Å². The van der Waals surface area contributed by atoms with E-state index in [1.807, 2.05) is 6.20 Å². The molecule has 5 rings (SSSR count). The molecular formula is C16H14ClN3. The van der Waals surface area contributed by atoms with Crippen LogP contribution in [0.25, 0.3) is 22.2 Å². The first-order valence-electron chi connectivity index (χ1n) is 6.88. The van der Waals surface area contributed by atoms with Crippen LogP contribution in [0.15, 0.2) is 24.4 Å². The van der Waals surface area contributed by atoms with Gasteiger partial charge in [-0.2, -0.15) is 5.10 Å². The van der Waals surface area contributed by atoms with Gasteiger partial charge in [0.25, 0.3) is 0 Å². The quantitative estimate of drug-likeness (QED) is 0.537. The minimum atomic E-state index is 0. The molecule has 0 aliphatic heterocycles. The van der Waals surface area contributed by atoms with Gasteiger partial charge < -0.3 is 0 Å². The second-order valence-electron chi connectivity index (χ2n) is 5.52. The molecular weight excluding hydrogens is 270 g/mol. The highest BCUT2D eigenvalue weighted by molar-refractivity contribution is 5.92. The summed E-state index contributed by atoms with van der Waals surface area (Å²) in [7, 11) is 0. The lowest BCUT2D eigenvalue weighted by atomic mass is 9.87. The Morgan fingerprint density at radius 1 is 1.10 bits per heavy atom. The minimum absolute atomic E-state index is 0. The molecule has 4 heteroatoms. The fraction of sp³-hybridized carbons (Fsp3) is 0.250. The van der Waals surface area contributed by atoms with Crippen molar-refractivity contribution in [3.63, 3.8) is 0 Å². The van der Waals surface area contributed by atoms with Gasteiger partial charge in [0.1, 0.15) is 0 Å². The van der Waals surface area contributed by atoms with E-state index >= 15 is 0 Å².